The van der Waals surface area contributed by atoms with Gasteiger partial charge in [0, 0.05) is 4.47 Å². The van der Waals surface area contributed by atoms with Crippen molar-refractivity contribution < 1.29 is 9.18 Å². The summed E-state index contributed by atoms with van der Waals surface area (Å²) in [6.45, 7) is 0. The zero-order chi connectivity index (χ0) is 12.3. The number of halogens is 3. The van der Waals surface area contributed by atoms with Crippen LogP contribution >= 0.6 is 27.5 Å². The van der Waals surface area contributed by atoms with Gasteiger partial charge in [-0.2, -0.15) is 0 Å². The molecule has 2 amide bonds. The number of benzene rings is 1. The van der Waals surface area contributed by atoms with E-state index in [2.05, 4.69) is 20.9 Å². The second-order valence-corrected chi connectivity index (χ2v) is 4.03. The summed E-state index contributed by atoms with van der Waals surface area (Å²) in [6.07, 6.45) is 0. The Bertz CT molecular complexity index is 442. The first-order chi connectivity index (χ1) is 7.40. The molecule has 8 heteroatoms. The Balaban J connectivity index is 3.10. The van der Waals surface area contributed by atoms with Gasteiger partial charge in [-0.25, -0.2) is 14.2 Å². The molecule has 1 aromatic carbocycles. The highest BCUT2D eigenvalue weighted by Gasteiger charge is 2.09. The van der Waals surface area contributed by atoms with Gasteiger partial charge >= 0.3 is 6.03 Å². The molecule has 0 atom stereocenters. The lowest BCUT2D eigenvalue weighted by Gasteiger charge is -2.04. The van der Waals surface area contributed by atoms with E-state index >= 15 is 0 Å². The first-order valence-corrected chi connectivity index (χ1v) is 5.12. The van der Waals surface area contributed by atoms with Gasteiger partial charge in [0.1, 0.15) is 5.69 Å². The third-order valence-corrected chi connectivity index (χ3v) is 2.21. The average molecular weight is 310 g/mol. The van der Waals surface area contributed by atoms with Gasteiger partial charge < -0.3 is 11.5 Å². The number of aliphatic imine (C=N–C) groups is 1. The topological polar surface area (TPSA) is 93.5 Å². The zero-order valence-electron chi connectivity index (χ0n) is 7.80. The van der Waals surface area contributed by atoms with Crippen LogP contribution in [0.25, 0.3) is 0 Å². The van der Waals surface area contributed by atoms with Crippen LogP contribution in [-0.2, 0) is 0 Å². The second kappa shape index (κ2) is 5.13. The van der Waals surface area contributed by atoms with E-state index in [1.807, 2.05) is 5.32 Å². The molecule has 1 rings (SSSR count). The molecule has 0 aliphatic rings. The van der Waals surface area contributed by atoms with Crippen LogP contribution in [0.1, 0.15) is 0 Å². The Kier molecular flexibility index (Phi) is 4.08. The lowest BCUT2D eigenvalue weighted by molar-refractivity contribution is 0.253. The lowest BCUT2D eigenvalue weighted by atomic mass is 10.3. The Hall–Kier alpha value is -1.34. The smallest absolute Gasteiger partial charge is 0.318 e. The number of nitrogens with one attached hydrogen (secondary N) is 1. The lowest BCUT2D eigenvalue weighted by Crippen LogP contribution is -2.40. The van der Waals surface area contributed by atoms with Crippen LogP contribution in [0.5, 0.6) is 0 Å². The van der Waals surface area contributed by atoms with Gasteiger partial charge in [-0.05, 0) is 12.1 Å². The number of guanidine groups is 1. The molecule has 0 fully saturated rings. The monoisotopic (exact) mass is 308 g/mol. The molecule has 0 heterocycles. The average Bonchev–Trinajstić information content (AvgIpc) is 2.09. The number of hydrogen-bond acceptors (Lipinski definition) is 2. The van der Waals surface area contributed by atoms with E-state index in [-0.39, 0.29) is 16.7 Å². The van der Waals surface area contributed by atoms with E-state index in [1.165, 1.54) is 12.1 Å². The zero-order valence-corrected chi connectivity index (χ0v) is 10.1. The van der Waals surface area contributed by atoms with Gasteiger partial charge in [-0.3, -0.25) is 5.32 Å². The number of carbonyl (C=O) groups is 1. The highest BCUT2D eigenvalue weighted by Crippen LogP contribution is 2.31. The third-order valence-electron chi connectivity index (χ3n) is 1.47. The van der Waals surface area contributed by atoms with Crippen molar-refractivity contribution in [1.82, 2.24) is 5.32 Å². The molecule has 5 nitrogen and oxygen atoms in total. The van der Waals surface area contributed by atoms with Crippen LogP contribution in [0.4, 0.5) is 14.9 Å². The highest BCUT2D eigenvalue weighted by molar-refractivity contribution is 9.10. The molecule has 0 aliphatic heterocycles. The molecule has 5 N–H and O–H groups in total. The molecule has 0 unspecified atom stereocenters. The van der Waals surface area contributed by atoms with Crippen molar-refractivity contribution in [3.63, 3.8) is 0 Å². The minimum atomic E-state index is -0.894. The molecular weight excluding hydrogens is 302 g/mol. The fourth-order valence-corrected chi connectivity index (χ4v) is 1.73. The Morgan fingerprint density at radius 3 is 2.62 bits per heavy atom. The van der Waals surface area contributed by atoms with E-state index < -0.39 is 11.8 Å². The molecule has 0 bridgehead atoms. The molecule has 0 aromatic heterocycles. The molecule has 86 valence electrons. The van der Waals surface area contributed by atoms with Gasteiger partial charge in [0.25, 0.3) is 0 Å². The summed E-state index contributed by atoms with van der Waals surface area (Å²) < 4.78 is 13.9. The van der Waals surface area contributed by atoms with Crippen LogP contribution in [0.3, 0.4) is 0 Å². The van der Waals surface area contributed by atoms with Gasteiger partial charge in [0.2, 0.25) is 5.96 Å². The number of primary amides is 1. The van der Waals surface area contributed by atoms with E-state index in [9.17, 15) is 9.18 Å². The number of carbonyl (C=O) groups excluding carboxylic acids is 1. The maximum absolute atomic E-state index is 13.4. The van der Waals surface area contributed by atoms with Crippen molar-refractivity contribution in [2.45, 2.75) is 0 Å². The quantitative estimate of drug-likeness (QED) is 0.545. The molecule has 0 saturated carbocycles. The van der Waals surface area contributed by atoms with Crippen LogP contribution in [0.15, 0.2) is 21.6 Å². The van der Waals surface area contributed by atoms with E-state index in [4.69, 9.17) is 23.1 Å². The summed E-state index contributed by atoms with van der Waals surface area (Å²) in [7, 11) is 0. The number of rotatable bonds is 1. The largest absolute Gasteiger partial charge is 0.369 e. The second-order valence-electron chi connectivity index (χ2n) is 2.70. The minimum Gasteiger partial charge on any atom is -0.369 e. The highest BCUT2D eigenvalue weighted by atomic mass is 79.9. The maximum Gasteiger partial charge on any atom is 0.318 e. The van der Waals surface area contributed by atoms with E-state index in [1.54, 1.807) is 0 Å². The van der Waals surface area contributed by atoms with Gasteiger partial charge in [-0.15, -0.1) is 0 Å². The third kappa shape index (κ3) is 3.35. The molecule has 16 heavy (non-hydrogen) atoms. The summed E-state index contributed by atoms with van der Waals surface area (Å²) in [4.78, 5) is 14.0. The van der Waals surface area contributed by atoms with Crippen molar-refractivity contribution in [3.05, 3.63) is 27.4 Å². The first kappa shape index (κ1) is 12.7. The Morgan fingerprint density at radius 1 is 1.50 bits per heavy atom. The standard InChI is InChI=1S/C8H7BrClFN4O/c9-3-1-4(10)6(5(11)2-3)14-7(12)15-8(13)16/h1-2H,(H5,12,13,14,15,16). The fourth-order valence-electron chi connectivity index (χ4n) is 0.916. The number of nitrogens with two attached hydrogens (primary N) is 2. The van der Waals surface area contributed by atoms with Crippen LogP contribution in [0, 0.1) is 5.82 Å². The molecule has 0 aliphatic carbocycles. The van der Waals surface area contributed by atoms with Crippen molar-refractivity contribution in [1.29, 1.82) is 0 Å². The normalized spacial score (nSPS) is 11.3. The fraction of sp³-hybridized carbons (Fsp3) is 0. The number of nitrogens with zero attached hydrogens (tertiary/aromatic N) is 1. The van der Waals surface area contributed by atoms with Crippen molar-refractivity contribution in [3.8, 4) is 0 Å². The summed E-state index contributed by atoms with van der Waals surface area (Å²) in [5.74, 6) is -1.01. The predicted octanol–water partition coefficient (Wildman–Crippen LogP) is 1.86. The molecule has 0 spiro atoms. The van der Waals surface area contributed by atoms with Gasteiger partial charge in [-0.1, -0.05) is 27.5 Å². The summed E-state index contributed by atoms with van der Waals surface area (Å²) >= 11 is 8.80. The van der Waals surface area contributed by atoms with E-state index in [0.717, 1.165) is 0 Å². The van der Waals surface area contributed by atoms with Crippen molar-refractivity contribution >= 4 is 45.2 Å². The molecule has 1 aromatic rings. The SMILES string of the molecule is NC(=O)NC(N)=Nc1c(F)cc(Br)cc1Cl. The van der Waals surface area contributed by atoms with Crippen LogP contribution < -0.4 is 16.8 Å². The Morgan fingerprint density at radius 2 is 2.12 bits per heavy atom. The summed E-state index contributed by atoms with van der Waals surface area (Å²) in [5.41, 5.74) is 9.92. The number of amides is 2. The number of hydrogen-bond donors (Lipinski definition) is 3. The number of urea groups is 1. The molecular formula is C8H7BrClFN4O. The van der Waals surface area contributed by atoms with Crippen molar-refractivity contribution in [2.24, 2.45) is 16.5 Å². The summed E-state index contributed by atoms with van der Waals surface area (Å²) in [6, 6.07) is 1.72. The van der Waals surface area contributed by atoms with Crippen LogP contribution in [-0.4, -0.2) is 12.0 Å². The first-order valence-electron chi connectivity index (χ1n) is 3.95. The minimum absolute atomic E-state index is 0.0566. The Labute approximate surface area is 104 Å². The predicted molar refractivity (Wildman–Crippen MR) is 63.1 cm³/mol. The molecule has 0 saturated heterocycles. The van der Waals surface area contributed by atoms with Crippen LogP contribution in [0.2, 0.25) is 5.02 Å². The summed E-state index contributed by atoms with van der Waals surface area (Å²) in [5, 5.41) is 2.05. The van der Waals surface area contributed by atoms with Gasteiger partial charge in [0.15, 0.2) is 5.82 Å². The van der Waals surface area contributed by atoms with Crippen molar-refractivity contribution in [2.75, 3.05) is 0 Å². The van der Waals surface area contributed by atoms with Gasteiger partial charge in [0.05, 0.1) is 5.02 Å². The molecule has 0 radical (unpaired) electrons. The van der Waals surface area contributed by atoms with E-state index in [0.29, 0.717) is 4.47 Å². The maximum atomic E-state index is 13.4.